The van der Waals surface area contributed by atoms with Crippen molar-refractivity contribution in [1.82, 2.24) is 0 Å². The van der Waals surface area contributed by atoms with Crippen LogP contribution >= 0.6 is 0 Å². The van der Waals surface area contributed by atoms with E-state index in [1.165, 1.54) is 32.1 Å². The summed E-state index contributed by atoms with van der Waals surface area (Å²) in [6, 6.07) is 0. The molecule has 0 saturated heterocycles. The van der Waals surface area contributed by atoms with Crippen molar-refractivity contribution in [3.8, 4) is 0 Å². The molecular formula is C16H26O2. The van der Waals surface area contributed by atoms with E-state index in [9.17, 15) is 9.59 Å². The summed E-state index contributed by atoms with van der Waals surface area (Å²) in [5, 5.41) is 0. The summed E-state index contributed by atoms with van der Waals surface area (Å²) in [6.07, 6.45) is 12.9. The van der Waals surface area contributed by atoms with Gasteiger partial charge >= 0.3 is 0 Å². The standard InChI is InChI=1S/C16H26O2/c1-14-12-15(17)10-8-6-4-2-3-5-7-9-11-16(18)13-14/h12H,2-11,13H2,1H3/b14-12-. The zero-order chi connectivity index (χ0) is 13.2. The van der Waals surface area contributed by atoms with E-state index in [4.69, 9.17) is 0 Å². The third kappa shape index (κ3) is 7.41. The highest BCUT2D eigenvalue weighted by Crippen LogP contribution is 2.14. The highest BCUT2D eigenvalue weighted by molar-refractivity contribution is 5.91. The van der Waals surface area contributed by atoms with Gasteiger partial charge in [-0.25, -0.2) is 0 Å². The maximum Gasteiger partial charge on any atom is 0.155 e. The van der Waals surface area contributed by atoms with Crippen molar-refractivity contribution in [2.24, 2.45) is 0 Å². The average molecular weight is 250 g/mol. The fourth-order valence-electron chi connectivity index (χ4n) is 2.48. The summed E-state index contributed by atoms with van der Waals surface area (Å²) in [4.78, 5) is 23.3. The van der Waals surface area contributed by atoms with Gasteiger partial charge in [0.15, 0.2) is 5.78 Å². The van der Waals surface area contributed by atoms with E-state index < -0.39 is 0 Å². The van der Waals surface area contributed by atoms with Crippen LogP contribution in [0.3, 0.4) is 0 Å². The first kappa shape index (κ1) is 15.1. The second-order valence-corrected chi connectivity index (χ2v) is 5.50. The third-order valence-electron chi connectivity index (χ3n) is 3.51. The Hall–Kier alpha value is -0.920. The van der Waals surface area contributed by atoms with Crippen LogP contribution in [0.1, 0.15) is 77.6 Å². The van der Waals surface area contributed by atoms with Crippen LogP contribution < -0.4 is 0 Å². The molecule has 0 bridgehead atoms. The Morgan fingerprint density at radius 2 is 1.28 bits per heavy atom. The zero-order valence-corrected chi connectivity index (χ0v) is 11.7. The van der Waals surface area contributed by atoms with Crippen molar-refractivity contribution < 1.29 is 9.59 Å². The first-order chi connectivity index (χ1) is 8.68. The lowest BCUT2D eigenvalue weighted by Gasteiger charge is -2.02. The molecule has 2 heteroatoms. The normalized spacial score (nSPS) is 24.8. The molecule has 0 spiro atoms. The van der Waals surface area contributed by atoms with E-state index in [1.807, 2.05) is 6.92 Å². The minimum absolute atomic E-state index is 0.190. The van der Waals surface area contributed by atoms with Crippen LogP contribution in [0, 0.1) is 0 Å². The fourth-order valence-corrected chi connectivity index (χ4v) is 2.48. The van der Waals surface area contributed by atoms with Crippen molar-refractivity contribution >= 4 is 11.6 Å². The Kier molecular flexibility index (Phi) is 7.63. The number of rotatable bonds is 0. The molecule has 1 aliphatic rings. The molecule has 0 aromatic rings. The summed E-state index contributed by atoms with van der Waals surface area (Å²) >= 11 is 0. The van der Waals surface area contributed by atoms with Gasteiger partial charge < -0.3 is 0 Å². The number of allylic oxidation sites excluding steroid dienone is 2. The Labute approximate surface area is 111 Å². The van der Waals surface area contributed by atoms with Crippen molar-refractivity contribution in [3.05, 3.63) is 11.6 Å². The second-order valence-electron chi connectivity index (χ2n) is 5.50. The third-order valence-corrected chi connectivity index (χ3v) is 3.51. The lowest BCUT2D eigenvalue weighted by Crippen LogP contribution is -2.00. The highest BCUT2D eigenvalue weighted by Gasteiger charge is 2.06. The molecule has 0 aliphatic heterocycles. The monoisotopic (exact) mass is 250 g/mol. The topological polar surface area (TPSA) is 34.1 Å². The number of hydrogen-bond acceptors (Lipinski definition) is 2. The van der Waals surface area contributed by atoms with Crippen LogP contribution in [0.15, 0.2) is 11.6 Å². The maximum atomic E-state index is 11.7. The van der Waals surface area contributed by atoms with Crippen LogP contribution in [-0.2, 0) is 9.59 Å². The molecule has 0 atom stereocenters. The molecule has 18 heavy (non-hydrogen) atoms. The Balaban J connectivity index is 2.46. The van der Waals surface area contributed by atoms with Gasteiger partial charge in [-0.2, -0.15) is 0 Å². The van der Waals surface area contributed by atoms with E-state index >= 15 is 0 Å². The summed E-state index contributed by atoms with van der Waals surface area (Å²) in [5.74, 6) is 0.474. The predicted molar refractivity (Wildman–Crippen MR) is 74.6 cm³/mol. The molecule has 0 unspecified atom stereocenters. The Morgan fingerprint density at radius 3 is 1.89 bits per heavy atom. The predicted octanol–water partition coefficient (Wildman–Crippen LogP) is 4.38. The highest BCUT2D eigenvalue weighted by atomic mass is 16.1. The minimum atomic E-state index is 0.190. The SMILES string of the molecule is C/C1=C/C(=O)CCCCCCCCCCC(=O)C1. The van der Waals surface area contributed by atoms with Crippen LogP contribution in [0.5, 0.6) is 0 Å². The molecule has 0 amide bonds. The first-order valence-electron chi connectivity index (χ1n) is 7.40. The fraction of sp³-hybridized carbons (Fsp3) is 0.750. The maximum absolute atomic E-state index is 11.7. The molecule has 1 aliphatic carbocycles. The molecule has 1 rings (SSSR count). The van der Waals surface area contributed by atoms with E-state index in [-0.39, 0.29) is 11.6 Å². The average Bonchev–Trinajstić information content (AvgIpc) is 2.30. The van der Waals surface area contributed by atoms with Crippen molar-refractivity contribution in [3.63, 3.8) is 0 Å². The first-order valence-corrected chi connectivity index (χ1v) is 7.40. The number of carbonyl (C=O) groups is 2. The van der Waals surface area contributed by atoms with Crippen molar-refractivity contribution in [2.75, 3.05) is 0 Å². The van der Waals surface area contributed by atoms with Gasteiger partial charge in [0.2, 0.25) is 0 Å². The van der Waals surface area contributed by atoms with E-state index in [1.54, 1.807) is 6.08 Å². The summed E-state index contributed by atoms with van der Waals surface area (Å²) < 4.78 is 0. The molecule has 102 valence electrons. The number of Topliss-reactive ketones (excluding diaryl/α,β-unsaturated/α-hetero) is 1. The van der Waals surface area contributed by atoms with Gasteiger partial charge in [-0.05, 0) is 25.8 Å². The van der Waals surface area contributed by atoms with E-state index in [0.717, 1.165) is 24.8 Å². The lowest BCUT2D eigenvalue weighted by molar-refractivity contribution is -0.118. The number of carbonyl (C=O) groups excluding carboxylic acids is 2. The molecule has 0 saturated carbocycles. The zero-order valence-electron chi connectivity index (χ0n) is 11.7. The lowest BCUT2D eigenvalue weighted by atomic mass is 10.0. The smallest absolute Gasteiger partial charge is 0.155 e. The molecule has 0 N–H and O–H groups in total. The number of hydrogen-bond donors (Lipinski definition) is 0. The Bertz CT molecular complexity index is 302. The van der Waals surface area contributed by atoms with Gasteiger partial charge in [0.1, 0.15) is 5.78 Å². The molecule has 2 nitrogen and oxygen atoms in total. The van der Waals surface area contributed by atoms with Crippen molar-refractivity contribution in [1.29, 1.82) is 0 Å². The van der Waals surface area contributed by atoms with Gasteiger partial charge in [0, 0.05) is 19.3 Å². The van der Waals surface area contributed by atoms with Gasteiger partial charge in [-0.15, -0.1) is 0 Å². The molecule has 0 heterocycles. The Morgan fingerprint density at radius 1 is 0.778 bits per heavy atom. The number of ketones is 2. The van der Waals surface area contributed by atoms with Gasteiger partial charge in [0.25, 0.3) is 0 Å². The molecule has 0 fully saturated rings. The second kappa shape index (κ2) is 9.07. The summed E-state index contributed by atoms with van der Waals surface area (Å²) in [5.41, 5.74) is 0.930. The van der Waals surface area contributed by atoms with E-state index in [0.29, 0.717) is 19.3 Å². The van der Waals surface area contributed by atoms with Crippen LogP contribution in [-0.4, -0.2) is 11.6 Å². The van der Waals surface area contributed by atoms with E-state index in [2.05, 4.69) is 0 Å². The summed E-state index contributed by atoms with van der Waals surface area (Å²) in [7, 11) is 0. The van der Waals surface area contributed by atoms with Gasteiger partial charge in [-0.1, -0.05) is 44.1 Å². The quantitative estimate of drug-likeness (QED) is 0.639. The summed E-state index contributed by atoms with van der Waals surface area (Å²) in [6.45, 7) is 1.90. The molecule has 0 aromatic heterocycles. The molecular weight excluding hydrogens is 224 g/mol. The largest absolute Gasteiger partial charge is 0.299 e. The van der Waals surface area contributed by atoms with Crippen LogP contribution in [0.2, 0.25) is 0 Å². The van der Waals surface area contributed by atoms with Crippen LogP contribution in [0.25, 0.3) is 0 Å². The molecule has 0 aromatic carbocycles. The minimum Gasteiger partial charge on any atom is -0.299 e. The van der Waals surface area contributed by atoms with Crippen molar-refractivity contribution in [2.45, 2.75) is 77.6 Å². The van der Waals surface area contributed by atoms with Gasteiger partial charge in [-0.3, -0.25) is 9.59 Å². The molecule has 0 radical (unpaired) electrons. The van der Waals surface area contributed by atoms with Gasteiger partial charge in [0.05, 0.1) is 0 Å². The van der Waals surface area contributed by atoms with Crippen LogP contribution in [0.4, 0.5) is 0 Å².